The summed E-state index contributed by atoms with van der Waals surface area (Å²) in [6.07, 6.45) is -0.0266. The highest BCUT2D eigenvalue weighted by molar-refractivity contribution is 6.36. The zero-order chi connectivity index (χ0) is 18.4. The molecule has 25 heavy (non-hydrogen) atoms. The van der Waals surface area contributed by atoms with Crippen LogP contribution in [0.3, 0.4) is 0 Å². The molecule has 0 radical (unpaired) electrons. The summed E-state index contributed by atoms with van der Waals surface area (Å²) < 4.78 is 10.9. The number of esters is 2. The zero-order valence-electron chi connectivity index (χ0n) is 13.2. The molecule has 0 bridgehead atoms. The number of aromatic nitrogens is 2. The van der Waals surface area contributed by atoms with Crippen molar-refractivity contribution < 1.29 is 19.1 Å². The Morgan fingerprint density at radius 3 is 2.64 bits per heavy atom. The van der Waals surface area contributed by atoms with Gasteiger partial charge in [0, 0.05) is 17.2 Å². The summed E-state index contributed by atoms with van der Waals surface area (Å²) in [5.41, 5.74) is -0.328. The minimum atomic E-state index is -0.746. The summed E-state index contributed by atoms with van der Waals surface area (Å²) in [7, 11) is 0. The Morgan fingerprint density at radius 1 is 1.20 bits per heavy atom. The van der Waals surface area contributed by atoms with Gasteiger partial charge in [0.1, 0.15) is 0 Å². The van der Waals surface area contributed by atoms with E-state index in [9.17, 15) is 14.4 Å². The van der Waals surface area contributed by atoms with Crippen LogP contribution in [0.15, 0.2) is 35.1 Å². The van der Waals surface area contributed by atoms with Gasteiger partial charge in [0.15, 0.2) is 0 Å². The fraction of sp³-hybridized carbons (Fsp3) is 0.250. The van der Waals surface area contributed by atoms with E-state index < -0.39 is 17.5 Å². The first-order valence-corrected chi connectivity index (χ1v) is 8.07. The smallest absolute Gasteiger partial charge is 0.346 e. The number of aryl methyl sites for hydroxylation is 1. The number of rotatable bonds is 6. The Hall–Kier alpha value is -2.38. The van der Waals surface area contributed by atoms with Crippen molar-refractivity contribution in [1.29, 1.82) is 0 Å². The van der Waals surface area contributed by atoms with E-state index in [1.54, 1.807) is 6.92 Å². The van der Waals surface area contributed by atoms with Gasteiger partial charge in [-0.2, -0.15) is 0 Å². The highest BCUT2D eigenvalue weighted by Gasteiger charge is 2.15. The van der Waals surface area contributed by atoms with Crippen molar-refractivity contribution in [1.82, 2.24) is 9.78 Å². The number of hydrogen-bond acceptors (Lipinski definition) is 6. The first kappa shape index (κ1) is 19.0. The van der Waals surface area contributed by atoms with E-state index in [2.05, 4.69) is 5.10 Å². The first-order valence-electron chi connectivity index (χ1n) is 7.31. The maximum Gasteiger partial charge on any atom is 0.346 e. The van der Waals surface area contributed by atoms with Crippen LogP contribution in [0.25, 0.3) is 0 Å². The van der Waals surface area contributed by atoms with Crippen LogP contribution in [0, 0.1) is 0 Å². The maximum atomic E-state index is 12.1. The van der Waals surface area contributed by atoms with Gasteiger partial charge in [0.2, 0.25) is 5.88 Å². The van der Waals surface area contributed by atoms with E-state index in [0.717, 1.165) is 4.68 Å². The monoisotopic (exact) mass is 384 g/mol. The third-order valence-electron chi connectivity index (χ3n) is 3.02. The van der Waals surface area contributed by atoms with Gasteiger partial charge in [0.25, 0.3) is 5.56 Å². The summed E-state index contributed by atoms with van der Waals surface area (Å²) in [5, 5.41) is 4.42. The summed E-state index contributed by atoms with van der Waals surface area (Å²) in [5.74, 6) is -1.30. The van der Waals surface area contributed by atoms with Gasteiger partial charge in [0.05, 0.1) is 30.2 Å². The summed E-state index contributed by atoms with van der Waals surface area (Å²) in [4.78, 5) is 35.3. The minimum absolute atomic E-state index is 0.00472. The van der Waals surface area contributed by atoms with Crippen LogP contribution in [-0.2, 0) is 16.1 Å². The third kappa shape index (κ3) is 5.30. The molecule has 0 aliphatic carbocycles. The molecule has 1 heterocycles. The Labute approximate surface area is 153 Å². The molecule has 2 rings (SSSR count). The largest absolute Gasteiger partial charge is 0.466 e. The van der Waals surface area contributed by atoms with Crippen molar-refractivity contribution in [3.05, 3.63) is 56.3 Å². The van der Waals surface area contributed by atoms with Gasteiger partial charge in [-0.15, -0.1) is 5.10 Å². The molecule has 2 aromatic rings. The van der Waals surface area contributed by atoms with Crippen LogP contribution >= 0.6 is 23.2 Å². The van der Waals surface area contributed by atoms with Crippen molar-refractivity contribution >= 4 is 35.1 Å². The number of ether oxygens (including phenoxy) is 2. The molecule has 0 unspecified atom stereocenters. The van der Waals surface area contributed by atoms with E-state index >= 15 is 0 Å². The van der Waals surface area contributed by atoms with Gasteiger partial charge in [-0.25, -0.2) is 9.48 Å². The molecular weight excluding hydrogens is 371 g/mol. The highest BCUT2D eigenvalue weighted by atomic mass is 35.5. The second kappa shape index (κ2) is 8.64. The molecule has 132 valence electrons. The molecule has 0 saturated carbocycles. The molecule has 7 nitrogen and oxygen atoms in total. The SMILES string of the molecule is CCOC(=O)CCn1nc(OC(=O)c2ccc(Cl)cc2Cl)ccc1=O. The lowest BCUT2D eigenvalue weighted by Gasteiger charge is -2.08. The molecule has 0 saturated heterocycles. The third-order valence-corrected chi connectivity index (χ3v) is 3.57. The Kier molecular flexibility index (Phi) is 6.55. The van der Waals surface area contributed by atoms with E-state index in [-0.39, 0.29) is 36.0 Å². The predicted molar refractivity (Wildman–Crippen MR) is 91.2 cm³/mol. The number of nitrogens with zero attached hydrogens (tertiary/aromatic N) is 2. The van der Waals surface area contributed by atoms with Gasteiger partial charge < -0.3 is 9.47 Å². The average Bonchev–Trinajstić information content (AvgIpc) is 2.55. The summed E-state index contributed by atoms with van der Waals surface area (Å²) in [6.45, 7) is 1.94. The van der Waals surface area contributed by atoms with Crippen LogP contribution in [0.2, 0.25) is 10.0 Å². The van der Waals surface area contributed by atoms with Crippen LogP contribution in [0.4, 0.5) is 0 Å². The standard InChI is InChI=1S/C16H14Cl2N2O5/c1-2-24-15(22)7-8-20-14(21)6-5-13(19-20)25-16(23)11-4-3-10(17)9-12(11)18/h3-6,9H,2,7-8H2,1H3. The first-order chi connectivity index (χ1) is 11.9. The van der Waals surface area contributed by atoms with Crippen LogP contribution in [0.5, 0.6) is 5.88 Å². The van der Waals surface area contributed by atoms with Gasteiger partial charge in [-0.05, 0) is 25.1 Å². The molecule has 9 heteroatoms. The lowest BCUT2D eigenvalue weighted by Crippen LogP contribution is -2.24. The topological polar surface area (TPSA) is 87.5 Å². The minimum Gasteiger partial charge on any atom is -0.466 e. The second-order valence-electron chi connectivity index (χ2n) is 4.80. The van der Waals surface area contributed by atoms with Crippen molar-refractivity contribution in [2.45, 2.75) is 19.9 Å². The normalized spacial score (nSPS) is 10.4. The molecule has 0 atom stereocenters. The molecular formula is C16H14Cl2N2O5. The maximum absolute atomic E-state index is 12.1. The quantitative estimate of drug-likeness (QED) is 0.711. The summed E-state index contributed by atoms with van der Waals surface area (Å²) >= 11 is 11.7. The average molecular weight is 385 g/mol. The van der Waals surface area contributed by atoms with Crippen molar-refractivity contribution in [2.75, 3.05) is 6.61 Å². The van der Waals surface area contributed by atoms with E-state index in [1.165, 1.54) is 30.3 Å². The number of benzene rings is 1. The Morgan fingerprint density at radius 2 is 1.96 bits per heavy atom. The molecule has 0 aliphatic rings. The van der Waals surface area contributed by atoms with E-state index in [0.29, 0.717) is 5.02 Å². The van der Waals surface area contributed by atoms with Crippen LogP contribution < -0.4 is 10.3 Å². The van der Waals surface area contributed by atoms with Gasteiger partial charge in [-0.1, -0.05) is 23.2 Å². The summed E-state index contributed by atoms with van der Waals surface area (Å²) in [6, 6.07) is 6.77. The predicted octanol–water partition coefficient (Wildman–Crippen LogP) is 2.72. The molecule has 1 aromatic carbocycles. The number of carbonyl (C=O) groups is 2. The van der Waals surface area contributed by atoms with E-state index in [4.69, 9.17) is 32.7 Å². The van der Waals surface area contributed by atoms with Crippen LogP contribution in [0.1, 0.15) is 23.7 Å². The van der Waals surface area contributed by atoms with Crippen LogP contribution in [-0.4, -0.2) is 28.3 Å². The Balaban J connectivity index is 2.12. The molecule has 0 amide bonds. The van der Waals surface area contributed by atoms with Crippen molar-refractivity contribution in [2.24, 2.45) is 0 Å². The van der Waals surface area contributed by atoms with Gasteiger partial charge >= 0.3 is 11.9 Å². The molecule has 0 fully saturated rings. The van der Waals surface area contributed by atoms with Crippen molar-refractivity contribution in [3.8, 4) is 5.88 Å². The number of halogens is 2. The van der Waals surface area contributed by atoms with E-state index in [1.807, 2.05) is 0 Å². The van der Waals surface area contributed by atoms with Gasteiger partial charge in [-0.3, -0.25) is 9.59 Å². The molecule has 0 aliphatic heterocycles. The molecule has 1 aromatic heterocycles. The zero-order valence-corrected chi connectivity index (χ0v) is 14.7. The number of carbonyl (C=O) groups excluding carboxylic acids is 2. The van der Waals surface area contributed by atoms with Crippen molar-refractivity contribution in [3.63, 3.8) is 0 Å². The molecule has 0 spiro atoms. The lowest BCUT2D eigenvalue weighted by atomic mass is 10.2. The lowest BCUT2D eigenvalue weighted by molar-refractivity contribution is -0.143. The second-order valence-corrected chi connectivity index (χ2v) is 5.65. The Bertz CT molecular complexity index is 851. The fourth-order valence-electron chi connectivity index (χ4n) is 1.88. The highest BCUT2D eigenvalue weighted by Crippen LogP contribution is 2.22. The molecule has 0 N–H and O–H groups in total. The number of hydrogen-bond donors (Lipinski definition) is 0. The fourth-order valence-corrected chi connectivity index (χ4v) is 2.37.